The van der Waals surface area contributed by atoms with Crippen LogP contribution in [0.3, 0.4) is 0 Å². The van der Waals surface area contributed by atoms with E-state index in [1.807, 2.05) is 12.2 Å². The summed E-state index contributed by atoms with van der Waals surface area (Å²) in [6.07, 6.45) is 3.92. The molecule has 0 aliphatic carbocycles. The molecule has 0 aromatic rings. The van der Waals surface area contributed by atoms with Crippen LogP contribution < -0.4 is 0 Å². The molecule has 1 fully saturated rings. The van der Waals surface area contributed by atoms with Gasteiger partial charge >= 0.3 is 11.9 Å². The molecule has 2 aliphatic rings. The summed E-state index contributed by atoms with van der Waals surface area (Å²) in [5, 5.41) is 0. The van der Waals surface area contributed by atoms with Crippen LogP contribution in [-0.2, 0) is 38.0 Å². The Morgan fingerprint density at radius 3 is 1.96 bits per heavy atom. The van der Waals surface area contributed by atoms with Crippen LogP contribution in [0.15, 0.2) is 24.3 Å². The summed E-state index contributed by atoms with van der Waals surface area (Å²) in [7, 11) is 2.80. The number of carbonyl (C=O) groups is 2. The monoisotopic (exact) mass is 398 g/mol. The molecule has 0 amide bonds. The molecule has 0 bridgehead atoms. The fraction of sp³-hybridized carbons (Fsp3) is 0.700. The summed E-state index contributed by atoms with van der Waals surface area (Å²) in [4.78, 5) is 25.3. The zero-order valence-electron chi connectivity index (χ0n) is 17.0. The molecule has 0 spiro atoms. The van der Waals surface area contributed by atoms with Crippen molar-refractivity contribution in [3.05, 3.63) is 24.3 Å². The first-order chi connectivity index (χ1) is 13.3. The smallest absolute Gasteiger partial charge is 0.338 e. The number of methoxy groups -OCH3 is 2. The molecule has 0 aromatic carbocycles. The van der Waals surface area contributed by atoms with Crippen LogP contribution in [0.5, 0.6) is 0 Å². The standard InChI is InChI=1S/C20H30O8/c1-14-10-7-6-8-12-25-17(21)15-16(18(22)26-13-9-11-14)28-20(3,24-5)19(2,23-4)27-15/h7,10,15-16H,1,6,8-9,11-13H2,2-5H3/b10-7+/t15-,16-,19-,20-/m1/s1. The number of hydrogen-bond acceptors (Lipinski definition) is 8. The fourth-order valence-corrected chi connectivity index (χ4v) is 2.98. The molecular weight excluding hydrogens is 368 g/mol. The molecule has 1 saturated heterocycles. The topological polar surface area (TPSA) is 89.5 Å². The van der Waals surface area contributed by atoms with E-state index in [-0.39, 0.29) is 13.2 Å². The van der Waals surface area contributed by atoms with E-state index in [1.165, 1.54) is 14.2 Å². The highest BCUT2D eigenvalue weighted by Crippen LogP contribution is 2.39. The first-order valence-electron chi connectivity index (χ1n) is 9.40. The van der Waals surface area contributed by atoms with E-state index in [1.54, 1.807) is 13.8 Å². The van der Waals surface area contributed by atoms with Crippen molar-refractivity contribution in [2.24, 2.45) is 0 Å². The van der Waals surface area contributed by atoms with Crippen LogP contribution in [0.25, 0.3) is 0 Å². The Balaban J connectivity index is 2.25. The first kappa shape index (κ1) is 22.5. The minimum absolute atomic E-state index is 0.165. The van der Waals surface area contributed by atoms with Gasteiger partial charge in [-0.3, -0.25) is 0 Å². The van der Waals surface area contributed by atoms with Crippen LogP contribution in [0.2, 0.25) is 0 Å². The second-order valence-electron chi connectivity index (χ2n) is 7.02. The lowest BCUT2D eigenvalue weighted by molar-refractivity contribution is -0.439. The van der Waals surface area contributed by atoms with Crippen molar-refractivity contribution < 1.29 is 38.0 Å². The molecule has 0 unspecified atom stereocenters. The van der Waals surface area contributed by atoms with Gasteiger partial charge in [0.05, 0.1) is 13.2 Å². The van der Waals surface area contributed by atoms with Gasteiger partial charge in [-0.15, -0.1) is 0 Å². The van der Waals surface area contributed by atoms with Gasteiger partial charge in [0.1, 0.15) is 0 Å². The van der Waals surface area contributed by atoms with Gasteiger partial charge in [-0.1, -0.05) is 24.3 Å². The summed E-state index contributed by atoms with van der Waals surface area (Å²) < 4.78 is 33.1. The third-order valence-corrected chi connectivity index (χ3v) is 5.05. The average Bonchev–Trinajstić information content (AvgIpc) is 2.68. The molecule has 2 aliphatic heterocycles. The molecule has 2 rings (SSSR count). The highest BCUT2D eigenvalue weighted by Gasteiger charge is 2.60. The van der Waals surface area contributed by atoms with Crippen LogP contribution >= 0.6 is 0 Å². The summed E-state index contributed by atoms with van der Waals surface area (Å²) in [5.41, 5.74) is 0.945. The largest absolute Gasteiger partial charge is 0.464 e. The van der Waals surface area contributed by atoms with Crippen molar-refractivity contribution in [2.75, 3.05) is 27.4 Å². The Morgan fingerprint density at radius 2 is 1.46 bits per heavy atom. The van der Waals surface area contributed by atoms with Gasteiger partial charge in [-0.25, -0.2) is 9.59 Å². The van der Waals surface area contributed by atoms with Gasteiger partial charge in [0.25, 0.3) is 0 Å². The first-order valence-corrected chi connectivity index (χ1v) is 9.40. The summed E-state index contributed by atoms with van der Waals surface area (Å²) in [6.45, 7) is 7.45. The molecule has 4 atom stereocenters. The highest BCUT2D eigenvalue weighted by molar-refractivity contribution is 5.86. The maximum Gasteiger partial charge on any atom is 0.338 e. The summed E-state index contributed by atoms with van der Waals surface area (Å²) in [5.74, 6) is -4.32. The van der Waals surface area contributed by atoms with Crippen LogP contribution in [0.4, 0.5) is 0 Å². The number of rotatable bonds is 2. The summed E-state index contributed by atoms with van der Waals surface area (Å²) >= 11 is 0. The fourth-order valence-electron chi connectivity index (χ4n) is 2.98. The predicted molar refractivity (Wildman–Crippen MR) is 99.2 cm³/mol. The molecule has 0 radical (unpaired) electrons. The van der Waals surface area contributed by atoms with Gasteiger partial charge in [0.2, 0.25) is 11.6 Å². The van der Waals surface area contributed by atoms with E-state index in [4.69, 9.17) is 28.4 Å². The molecule has 0 saturated carbocycles. The number of allylic oxidation sites excluding steroid dienone is 3. The number of carbonyl (C=O) groups excluding carboxylic acids is 2. The molecule has 28 heavy (non-hydrogen) atoms. The Morgan fingerprint density at radius 1 is 0.964 bits per heavy atom. The Bertz CT molecular complexity index is 615. The highest BCUT2D eigenvalue weighted by atomic mass is 16.8. The molecule has 2 heterocycles. The third-order valence-electron chi connectivity index (χ3n) is 5.05. The number of fused-ring (bicyclic) bond motifs is 1. The average molecular weight is 398 g/mol. The van der Waals surface area contributed by atoms with Crippen LogP contribution in [-0.4, -0.2) is 63.2 Å². The third kappa shape index (κ3) is 5.00. The quantitative estimate of drug-likeness (QED) is 0.655. The molecular formula is C20H30O8. The minimum atomic E-state index is -1.44. The molecule has 0 aromatic heterocycles. The zero-order chi connectivity index (χ0) is 20.8. The summed E-state index contributed by atoms with van der Waals surface area (Å²) in [6, 6.07) is 0. The Labute approximate surface area is 165 Å². The van der Waals surface area contributed by atoms with E-state index in [9.17, 15) is 9.59 Å². The van der Waals surface area contributed by atoms with Crippen molar-refractivity contribution in [2.45, 2.75) is 63.3 Å². The SMILES string of the molecule is C=C1/C=C/CCCOC(=O)[C@@H]2O[C@@](C)(OC)[C@](C)(OC)O[C@H]2C(=O)OCCC1. The van der Waals surface area contributed by atoms with Crippen molar-refractivity contribution in [3.8, 4) is 0 Å². The van der Waals surface area contributed by atoms with E-state index >= 15 is 0 Å². The number of cyclic esters (lactones) is 2. The second-order valence-corrected chi connectivity index (χ2v) is 7.02. The number of ether oxygens (including phenoxy) is 6. The van der Waals surface area contributed by atoms with Crippen molar-refractivity contribution >= 4 is 11.9 Å². The maximum atomic E-state index is 12.6. The molecule has 8 heteroatoms. The van der Waals surface area contributed by atoms with Crippen molar-refractivity contribution in [1.82, 2.24) is 0 Å². The van der Waals surface area contributed by atoms with Crippen LogP contribution in [0, 0.1) is 0 Å². The molecule has 158 valence electrons. The van der Waals surface area contributed by atoms with E-state index in [0.29, 0.717) is 19.3 Å². The van der Waals surface area contributed by atoms with Crippen molar-refractivity contribution in [3.63, 3.8) is 0 Å². The zero-order valence-corrected chi connectivity index (χ0v) is 17.0. The lowest BCUT2D eigenvalue weighted by Crippen LogP contribution is -2.68. The molecule has 8 nitrogen and oxygen atoms in total. The lowest BCUT2D eigenvalue weighted by Gasteiger charge is -2.50. The van der Waals surface area contributed by atoms with E-state index < -0.39 is 35.7 Å². The predicted octanol–water partition coefficient (Wildman–Crippen LogP) is 2.27. The maximum absolute atomic E-state index is 12.6. The second kappa shape index (κ2) is 9.65. The van der Waals surface area contributed by atoms with E-state index in [0.717, 1.165) is 12.0 Å². The number of esters is 2. The van der Waals surface area contributed by atoms with Gasteiger partial charge in [0, 0.05) is 14.2 Å². The van der Waals surface area contributed by atoms with Gasteiger partial charge in [0.15, 0.2) is 12.2 Å². The van der Waals surface area contributed by atoms with Gasteiger partial charge in [-0.2, -0.15) is 0 Å². The number of hydrogen-bond donors (Lipinski definition) is 0. The minimum Gasteiger partial charge on any atom is -0.464 e. The van der Waals surface area contributed by atoms with Crippen molar-refractivity contribution in [1.29, 1.82) is 0 Å². The normalized spacial score (nSPS) is 37.1. The van der Waals surface area contributed by atoms with Crippen LogP contribution in [0.1, 0.15) is 39.5 Å². The van der Waals surface area contributed by atoms with E-state index in [2.05, 4.69) is 6.58 Å². The Kier molecular flexibility index (Phi) is 7.77. The Hall–Kier alpha value is -1.74. The molecule has 0 N–H and O–H groups in total. The van der Waals surface area contributed by atoms with Gasteiger partial charge < -0.3 is 28.4 Å². The lowest BCUT2D eigenvalue weighted by atomic mass is 10.0. The van der Waals surface area contributed by atoms with Gasteiger partial charge in [-0.05, 0) is 39.5 Å².